The fourth-order valence-electron chi connectivity index (χ4n) is 3.82. The van der Waals surface area contributed by atoms with Crippen LogP contribution in [-0.2, 0) is 19.2 Å². The minimum Gasteiger partial charge on any atom is -0.477 e. The van der Waals surface area contributed by atoms with Crippen LogP contribution in [0.5, 0.6) is 0 Å². The van der Waals surface area contributed by atoms with Crippen LogP contribution in [0, 0.1) is 0 Å². The number of β-lactam (4-membered cyclic amide) rings is 1. The molecular formula is C19H20N8O5S4. The van der Waals surface area contributed by atoms with E-state index < -0.39 is 29.2 Å². The monoisotopic (exact) mass is 568 g/mol. The zero-order chi connectivity index (χ0) is 25.2. The van der Waals surface area contributed by atoms with Gasteiger partial charge < -0.3 is 15.3 Å². The lowest BCUT2D eigenvalue weighted by molar-refractivity contribution is -0.150. The number of fused-ring (bicyclic) bond motifs is 1. The molecule has 4 heterocycles. The summed E-state index contributed by atoms with van der Waals surface area (Å²) in [4.78, 5) is 45.0. The number of carboxylic acids is 1. The number of allylic oxidation sites excluding steroid dienone is 1. The molecule has 1 saturated heterocycles. The molecular weight excluding hydrogens is 549 g/mol. The molecule has 2 amide bonds. The second kappa shape index (κ2) is 10.8. The van der Waals surface area contributed by atoms with Gasteiger partial charge in [-0.05, 0) is 36.4 Å². The van der Waals surface area contributed by atoms with Gasteiger partial charge in [-0.15, -0.1) is 22.0 Å². The van der Waals surface area contributed by atoms with Gasteiger partial charge in [-0.25, -0.2) is 10.6 Å². The van der Waals surface area contributed by atoms with Crippen LogP contribution in [0.2, 0.25) is 0 Å². The Morgan fingerprint density at radius 3 is 2.94 bits per heavy atom. The SMILES string of the molecule is NN1CSN=C1/C(=N/OC1C=CCC1)C(=O)NC1C(=O)N2C(C(=O)O)=C(CSc3nncs3)CS[C@H]12. The van der Waals surface area contributed by atoms with Gasteiger partial charge >= 0.3 is 5.97 Å². The van der Waals surface area contributed by atoms with Crippen LogP contribution < -0.4 is 11.2 Å². The van der Waals surface area contributed by atoms with Gasteiger partial charge in [0.15, 0.2) is 10.2 Å². The van der Waals surface area contributed by atoms with Crippen molar-refractivity contribution in [3.8, 4) is 0 Å². The molecule has 4 aliphatic rings. The van der Waals surface area contributed by atoms with Gasteiger partial charge in [-0.1, -0.05) is 34.3 Å². The predicted octanol–water partition coefficient (Wildman–Crippen LogP) is 0.653. The fraction of sp³-hybridized carbons (Fsp3) is 0.421. The van der Waals surface area contributed by atoms with Crippen LogP contribution in [-0.4, -0.2) is 89.4 Å². The van der Waals surface area contributed by atoms with E-state index in [4.69, 9.17) is 10.7 Å². The Hall–Kier alpha value is -2.60. The van der Waals surface area contributed by atoms with Crippen molar-refractivity contribution >= 4 is 76.1 Å². The van der Waals surface area contributed by atoms with Crippen molar-refractivity contribution in [2.75, 3.05) is 17.4 Å². The van der Waals surface area contributed by atoms with Crippen LogP contribution in [0.25, 0.3) is 0 Å². The van der Waals surface area contributed by atoms with Crippen LogP contribution in [0.3, 0.4) is 0 Å². The van der Waals surface area contributed by atoms with Gasteiger partial charge in [0.05, 0.1) is 0 Å². The third-order valence-corrected chi connectivity index (χ3v) is 9.52. The third kappa shape index (κ3) is 4.97. The molecule has 190 valence electrons. The molecule has 0 spiro atoms. The van der Waals surface area contributed by atoms with E-state index in [1.807, 2.05) is 12.2 Å². The number of nitrogens with two attached hydrogens (primary N) is 1. The zero-order valence-electron chi connectivity index (χ0n) is 18.5. The lowest BCUT2D eigenvalue weighted by Crippen LogP contribution is -2.71. The smallest absolute Gasteiger partial charge is 0.352 e. The number of oxime groups is 1. The molecule has 1 aromatic rings. The number of carbonyl (C=O) groups is 3. The van der Waals surface area contributed by atoms with Crippen molar-refractivity contribution in [2.24, 2.45) is 15.4 Å². The summed E-state index contributed by atoms with van der Waals surface area (Å²) < 4.78 is 4.88. The van der Waals surface area contributed by atoms with Gasteiger partial charge in [0.2, 0.25) is 5.71 Å². The normalized spacial score (nSPS) is 25.6. The molecule has 0 radical (unpaired) electrons. The maximum atomic E-state index is 13.2. The van der Waals surface area contributed by atoms with E-state index in [2.05, 4.69) is 25.1 Å². The molecule has 2 unspecified atom stereocenters. The average molecular weight is 569 g/mol. The summed E-state index contributed by atoms with van der Waals surface area (Å²) in [5.41, 5.74) is 2.01. The minimum absolute atomic E-state index is 0.0544. The molecule has 5 rings (SSSR count). The average Bonchev–Trinajstić information content (AvgIpc) is 3.65. The Balaban J connectivity index is 1.30. The first-order chi connectivity index (χ1) is 17.4. The van der Waals surface area contributed by atoms with Crippen LogP contribution >= 0.6 is 46.8 Å². The van der Waals surface area contributed by atoms with Crippen molar-refractivity contribution in [3.63, 3.8) is 0 Å². The van der Waals surface area contributed by atoms with Crippen molar-refractivity contribution < 1.29 is 24.3 Å². The van der Waals surface area contributed by atoms with Crippen molar-refractivity contribution in [3.05, 3.63) is 28.9 Å². The second-order valence-electron chi connectivity index (χ2n) is 7.84. The number of thioether (sulfide) groups is 2. The largest absolute Gasteiger partial charge is 0.477 e. The number of nitrogens with one attached hydrogen (secondary N) is 1. The molecule has 0 bridgehead atoms. The van der Waals surface area contributed by atoms with Gasteiger partial charge in [0.25, 0.3) is 11.8 Å². The molecule has 0 aromatic carbocycles. The lowest BCUT2D eigenvalue weighted by Gasteiger charge is -2.49. The number of nitrogens with zero attached hydrogens (tertiary/aromatic N) is 6. The number of aliphatic carboxylic acids is 1. The summed E-state index contributed by atoms with van der Waals surface area (Å²) >= 11 is 5.26. The Bertz CT molecular complexity index is 1190. The summed E-state index contributed by atoms with van der Waals surface area (Å²) in [7, 11) is 0. The highest BCUT2D eigenvalue weighted by molar-refractivity contribution is 8.01. The van der Waals surface area contributed by atoms with Crippen molar-refractivity contribution in [1.29, 1.82) is 0 Å². The number of carboxylic acid groups (broad SMARTS) is 1. The lowest BCUT2D eigenvalue weighted by atomic mass is 10.0. The Morgan fingerprint density at radius 1 is 1.42 bits per heavy atom. The first-order valence-corrected chi connectivity index (χ1v) is 14.5. The topological polar surface area (TPSA) is 176 Å². The molecule has 36 heavy (non-hydrogen) atoms. The third-order valence-electron chi connectivity index (χ3n) is 5.54. The minimum atomic E-state index is -1.19. The Kier molecular flexibility index (Phi) is 7.52. The summed E-state index contributed by atoms with van der Waals surface area (Å²) in [5.74, 6) is 4.79. The van der Waals surface area contributed by atoms with E-state index in [0.717, 1.165) is 24.8 Å². The molecule has 1 aliphatic carbocycles. The van der Waals surface area contributed by atoms with Gasteiger partial charge in [-0.3, -0.25) is 19.5 Å². The quantitative estimate of drug-likeness (QED) is 0.0722. The second-order valence-corrected chi connectivity index (χ2v) is 11.7. The fourth-order valence-corrected chi connectivity index (χ4v) is 7.41. The first-order valence-electron chi connectivity index (χ1n) is 10.7. The zero-order valence-corrected chi connectivity index (χ0v) is 21.7. The molecule has 0 saturated carbocycles. The predicted molar refractivity (Wildman–Crippen MR) is 137 cm³/mol. The van der Waals surface area contributed by atoms with Gasteiger partial charge in [0.1, 0.15) is 34.6 Å². The summed E-state index contributed by atoms with van der Waals surface area (Å²) in [6.07, 6.45) is 5.16. The molecule has 1 aromatic heterocycles. The number of amidine groups is 1. The molecule has 13 nitrogen and oxygen atoms in total. The number of hydrazine groups is 1. The number of rotatable bonds is 9. The van der Waals surface area contributed by atoms with Crippen LogP contribution in [0.1, 0.15) is 12.8 Å². The first kappa shape index (κ1) is 25.1. The number of amides is 2. The number of hydrogen-bond donors (Lipinski definition) is 3. The van der Waals surface area contributed by atoms with Crippen LogP contribution in [0.4, 0.5) is 0 Å². The Morgan fingerprint density at radius 2 is 2.28 bits per heavy atom. The highest BCUT2D eigenvalue weighted by Crippen LogP contribution is 2.41. The number of carbonyl (C=O) groups excluding carboxylic acids is 2. The standard InChI is InChI=1S/C19H20N8O5S4/c20-26-8-36-25-14(26)11(24-32-10-3-1-2-4-10)15(28)22-12-16(29)27-13(18(30)31)9(5-33-17(12)27)6-34-19-23-21-7-35-19/h1,3,7,10,12,17H,2,4-6,8,20H2,(H,22,28)(H,30,31)/b24-11-/t10?,12?,17-/m1/s1. The molecule has 1 fully saturated rings. The maximum Gasteiger partial charge on any atom is 0.352 e. The van der Waals surface area contributed by atoms with Crippen LogP contribution in [0.15, 0.2) is 42.8 Å². The molecule has 3 aliphatic heterocycles. The van der Waals surface area contributed by atoms with Crippen molar-refractivity contribution in [1.82, 2.24) is 25.4 Å². The van der Waals surface area contributed by atoms with E-state index in [9.17, 15) is 19.5 Å². The van der Waals surface area contributed by atoms with E-state index in [-0.39, 0.29) is 23.3 Å². The van der Waals surface area contributed by atoms with E-state index in [1.54, 1.807) is 5.51 Å². The highest BCUT2D eigenvalue weighted by atomic mass is 32.2. The molecule has 3 atom stereocenters. The summed E-state index contributed by atoms with van der Waals surface area (Å²) in [6.45, 7) is 0. The summed E-state index contributed by atoms with van der Waals surface area (Å²) in [5, 5.41) is 25.0. The van der Waals surface area contributed by atoms with Gasteiger partial charge in [-0.2, -0.15) is 4.40 Å². The Labute approximate surface area is 221 Å². The number of aromatic nitrogens is 2. The van der Waals surface area contributed by atoms with E-state index >= 15 is 0 Å². The number of hydrogen-bond acceptors (Lipinski definition) is 14. The highest BCUT2D eigenvalue weighted by Gasteiger charge is 2.54. The molecule has 17 heteroatoms. The summed E-state index contributed by atoms with van der Waals surface area (Å²) in [6, 6.07) is -0.924. The maximum absolute atomic E-state index is 13.2. The van der Waals surface area contributed by atoms with Crippen molar-refractivity contribution in [2.45, 2.75) is 34.7 Å². The van der Waals surface area contributed by atoms with E-state index in [1.165, 1.54) is 44.8 Å². The van der Waals surface area contributed by atoms with E-state index in [0.29, 0.717) is 27.3 Å². The molecule has 4 N–H and O–H groups in total. The van der Waals surface area contributed by atoms with Gasteiger partial charge in [0, 0.05) is 11.5 Å².